The van der Waals surface area contributed by atoms with Crippen LogP contribution in [0.2, 0.25) is 0 Å². The van der Waals surface area contributed by atoms with Crippen molar-refractivity contribution in [1.29, 1.82) is 5.26 Å². The van der Waals surface area contributed by atoms with E-state index in [0.717, 1.165) is 59.4 Å². The largest absolute Gasteiger partial charge is 0.612 e. The monoisotopic (exact) mass is 420 g/mol. The Kier molecular flexibility index (Phi) is 4.46. The summed E-state index contributed by atoms with van der Waals surface area (Å²) in [5.74, 6) is 0.215. The van der Waals surface area contributed by atoms with Crippen LogP contribution < -0.4 is 10.5 Å². The van der Waals surface area contributed by atoms with Crippen molar-refractivity contribution in [3.63, 3.8) is 0 Å². The quantitative estimate of drug-likeness (QED) is 0.658. The normalized spacial score (nSPS) is 21.0. The van der Waals surface area contributed by atoms with Gasteiger partial charge in [0.15, 0.2) is 4.90 Å². The molecule has 0 amide bonds. The van der Waals surface area contributed by atoms with Crippen molar-refractivity contribution in [2.45, 2.75) is 24.2 Å². The van der Waals surface area contributed by atoms with Gasteiger partial charge >= 0.3 is 0 Å². The maximum atomic E-state index is 12.5. The van der Waals surface area contributed by atoms with Gasteiger partial charge in [-0.1, -0.05) is 0 Å². The van der Waals surface area contributed by atoms with Crippen molar-refractivity contribution in [3.05, 3.63) is 47.0 Å². The molecule has 2 fully saturated rings. The highest BCUT2D eigenvalue weighted by Gasteiger charge is 2.55. The lowest BCUT2D eigenvalue weighted by Gasteiger charge is -2.35. The van der Waals surface area contributed by atoms with E-state index in [1.165, 1.54) is 0 Å². The molecule has 1 spiro atoms. The van der Waals surface area contributed by atoms with Crippen molar-refractivity contribution in [3.8, 4) is 17.2 Å². The van der Waals surface area contributed by atoms with Crippen LogP contribution in [-0.2, 0) is 18.2 Å². The molecule has 154 valence electrons. The predicted molar refractivity (Wildman–Crippen MR) is 119 cm³/mol. The number of nitrogens with one attached hydrogen (secondary N) is 1. The van der Waals surface area contributed by atoms with Gasteiger partial charge < -0.3 is 19.0 Å². The minimum absolute atomic E-state index is 0.0632. The predicted octanol–water partition coefficient (Wildman–Crippen LogP) is 3.40. The first-order valence-electron chi connectivity index (χ1n) is 10.2. The number of nitriles is 1. The molecule has 6 nitrogen and oxygen atoms in total. The number of anilines is 1. The van der Waals surface area contributed by atoms with Crippen molar-refractivity contribution >= 4 is 27.8 Å². The van der Waals surface area contributed by atoms with Crippen molar-refractivity contribution in [2.24, 2.45) is 18.4 Å². The SMILES string of the molecule is Cn1cc(-c2cc([S+](C)[O-])ccc2N2CCC3(CC2)CC3C#N)c2cc[nH]c2c1=O. The molecule has 1 aliphatic carbocycles. The number of rotatable bonds is 3. The Morgan fingerprint density at radius 2 is 2.03 bits per heavy atom. The average molecular weight is 421 g/mol. The van der Waals surface area contributed by atoms with Crippen molar-refractivity contribution in [1.82, 2.24) is 9.55 Å². The molecule has 1 saturated heterocycles. The fourth-order valence-electron chi connectivity index (χ4n) is 4.94. The number of nitrogens with zero attached hydrogens (tertiary/aromatic N) is 3. The Morgan fingerprint density at radius 1 is 1.27 bits per heavy atom. The molecule has 2 aliphatic rings. The Balaban J connectivity index is 1.61. The lowest BCUT2D eigenvalue weighted by molar-refractivity contribution is 0.367. The molecule has 7 heteroatoms. The molecular weight excluding hydrogens is 396 g/mol. The standard InChI is InChI=1S/C23H24N4O2S/c1-26-14-19(17-5-8-25-21(17)22(26)28)18-11-16(30(2)29)3-4-20(18)27-9-6-23(7-10-27)12-15(23)13-24/h3-5,8,11,14-15,25H,6-7,9-10,12H2,1-2H3. The highest BCUT2D eigenvalue weighted by atomic mass is 32.2. The molecule has 1 saturated carbocycles. The van der Waals surface area contributed by atoms with Crippen molar-refractivity contribution < 1.29 is 4.55 Å². The molecule has 0 bridgehead atoms. The summed E-state index contributed by atoms with van der Waals surface area (Å²) >= 11 is -1.10. The number of aryl methyl sites for hydroxylation is 1. The molecule has 1 aliphatic heterocycles. The van der Waals surface area contributed by atoms with Gasteiger partial charge in [-0.15, -0.1) is 0 Å². The van der Waals surface area contributed by atoms with Crippen LogP contribution in [0.4, 0.5) is 5.69 Å². The van der Waals surface area contributed by atoms with Gasteiger partial charge in [0.25, 0.3) is 5.56 Å². The third-order valence-corrected chi connectivity index (χ3v) is 7.85. The van der Waals surface area contributed by atoms with Gasteiger partial charge in [0.05, 0.1) is 12.0 Å². The average Bonchev–Trinajstić information content (AvgIpc) is 3.19. The van der Waals surface area contributed by atoms with E-state index in [1.54, 1.807) is 24.1 Å². The van der Waals surface area contributed by atoms with Crippen LogP contribution in [0.15, 0.2) is 46.3 Å². The molecule has 1 aromatic carbocycles. The summed E-state index contributed by atoms with van der Waals surface area (Å²) in [6, 6.07) is 10.4. The minimum atomic E-state index is -1.10. The van der Waals surface area contributed by atoms with E-state index in [1.807, 2.05) is 24.4 Å². The van der Waals surface area contributed by atoms with Crippen LogP contribution in [0.3, 0.4) is 0 Å². The van der Waals surface area contributed by atoms with Crippen LogP contribution in [0.5, 0.6) is 0 Å². The molecular formula is C23H24N4O2S. The smallest absolute Gasteiger partial charge is 0.274 e. The van der Waals surface area contributed by atoms with E-state index in [4.69, 9.17) is 0 Å². The topological polar surface area (TPSA) is 87.9 Å². The van der Waals surface area contributed by atoms with E-state index in [0.29, 0.717) is 5.52 Å². The highest BCUT2D eigenvalue weighted by Crippen LogP contribution is 2.59. The van der Waals surface area contributed by atoms with Crippen LogP contribution in [-0.4, -0.2) is 33.4 Å². The summed E-state index contributed by atoms with van der Waals surface area (Å²) in [4.78, 5) is 18.7. The number of hydrogen-bond donors (Lipinski definition) is 1. The van der Waals surface area contributed by atoms with Crippen LogP contribution in [0.25, 0.3) is 22.0 Å². The molecule has 3 heterocycles. The van der Waals surface area contributed by atoms with Gasteiger partial charge in [-0.05, 0) is 54.1 Å². The number of aromatic nitrogens is 2. The van der Waals surface area contributed by atoms with Gasteiger partial charge in [0.2, 0.25) is 0 Å². The summed E-state index contributed by atoms with van der Waals surface area (Å²) in [6.45, 7) is 1.81. The molecule has 30 heavy (non-hydrogen) atoms. The molecule has 3 aromatic rings. The minimum Gasteiger partial charge on any atom is -0.612 e. The summed E-state index contributed by atoms with van der Waals surface area (Å²) in [6.07, 6.45) is 8.43. The number of hydrogen-bond acceptors (Lipinski definition) is 4. The fraction of sp³-hybridized carbons (Fsp3) is 0.391. The van der Waals surface area contributed by atoms with Gasteiger partial charge in [0, 0.05) is 60.8 Å². The number of H-pyrrole nitrogens is 1. The number of aromatic amines is 1. The van der Waals surface area contributed by atoms with Crippen LogP contribution in [0, 0.1) is 22.7 Å². The first-order chi connectivity index (χ1) is 14.4. The Morgan fingerprint density at radius 3 is 2.70 bits per heavy atom. The molecule has 0 radical (unpaired) electrons. The number of piperidine rings is 1. The first-order valence-corrected chi connectivity index (χ1v) is 11.8. The van der Waals surface area contributed by atoms with E-state index >= 15 is 0 Å². The summed E-state index contributed by atoms with van der Waals surface area (Å²) in [5.41, 5.74) is 3.78. The molecule has 2 atom stereocenters. The van der Waals surface area contributed by atoms with E-state index in [2.05, 4.69) is 22.0 Å². The summed E-state index contributed by atoms with van der Waals surface area (Å²) in [7, 11) is 1.76. The zero-order chi connectivity index (χ0) is 21.0. The second kappa shape index (κ2) is 6.93. The third kappa shape index (κ3) is 2.94. The fourth-order valence-corrected chi connectivity index (χ4v) is 5.49. The highest BCUT2D eigenvalue weighted by molar-refractivity contribution is 7.90. The number of fused-ring (bicyclic) bond motifs is 1. The summed E-state index contributed by atoms with van der Waals surface area (Å²) < 4.78 is 13.8. The molecule has 5 rings (SSSR count). The Hall–Kier alpha value is -2.69. The Bertz CT molecular complexity index is 1230. The van der Waals surface area contributed by atoms with Crippen LogP contribution in [0.1, 0.15) is 19.3 Å². The van der Waals surface area contributed by atoms with Crippen LogP contribution >= 0.6 is 0 Å². The van der Waals surface area contributed by atoms with E-state index in [-0.39, 0.29) is 16.9 Å². The van der Waals surface area contributed by atoms with Crippen molar-refractivity contribution in [2.75, 3.05) is 24.2 Å². The summed E-state index contributed by atoms with van der Waals surface area (Å²) in [5, 5.41) is 10.2. The Labute approximate surface area is 178 Å². The lowest BCUT2D eigenvalue weighted by Crippen LogP contribution is -2.35. The molecule has 2 aromatic heterocycles. The first kappa shape index (κ1) is 19.3. The maximum Gasteiger partial charge on any atom is 0.274 e. The van der Waals surface area contributed by atoms with E-state index in [9.17, 15) is 14.6 Å². The van der Waals surface area contributed by atoms with Gasteiger partial charge in [-0.3, -0.25) is 4.79 Å². The number of benzene rings is 1. The van der Waals surface area contributed by atoms with Gasteiger partial charge in [0.1, 0.15) is 11.8 Å². The zero-order valence-electron chi connectivity index (χ0n) is 17.1. The molecule has 2 unspecified atom stereocenters. The zero-order valence-corrected chi connectivity index (χ0v) is 18.0. The second-order valence-electron chi connectivity index (χ2n) is 8.59. The van der Waals surface area contributed by atoms with Gasteiger partial charge in [-0.25, -0.2) is 0 Å². The second-order valence-corrected chi connectivity index (χ2v) is 9.97. The lowest BCUT2D eigenvalue weighted by atomic mass is 9.90. The van der Waals surface area contributed by atoms with Gasteiger partial charge in [-0.2, -0.15) is 5.26 Å². The number of pyridine rings is 1. The molecule has 1 N–H and O–H groups in total. The third-order valence-electron chi connectivity index (χ3n) is 6.93. The maximum absolute atomic E-state index is 12.5. The van der Waals surface area contributed by atoms with E-state index < -0.39 is 11.2 Å².